The number of aryl methyl sites for hydroxylation is 1. The molecule has 2 nitrogen and oxygen atoms in total. The summed E-state index contributed by atoms with van der Waals surface area (Å²) in [4.78, 5) is 2.46. The third kappa shape index (κ3) is 4.88. The maximum atomic E-state index is 5.34. The predicted octanol–water partition coefficient (Wildman–Crippen LogP) is 3.11. The van der Waals surface area contributed by atoms with Gasteiger partial charge in [-0.25, -0.2) is 0 Å². The molecule has 1 fully saturated rings. The Morgan fingerprint density at radius 3 is 2.41 bits per heavy atom. The van der Waals surface area contributed by atoms with Gasteiger partial charge in [0.25, 0.3) is 0 Å². The van der Waals surface area contributed by atoms with Gasteiger partial charge in [0.1, 0.15) is 0 Å². The highest BCUT2D eigenvalue weighted by Gasteiger charge is 2.10. The minimum absolute atomic E-state index is 0.882. The van der Waals surface area contributed by atoms with Crippen molar-refractivity contribution in [1.82, 2.24) is 4.90 Å². The molecule has 1 aliphatic rings. The molecule has 1 aliphatic heterocycles. The molecule has 0 unspecified atom stereocenters. The number of ether oxygens (including phenoxy) is 1. The van der Waals surface area contributed by atoms with E-state index in [0.717, 1.165) is 39.3 Å². The van der Waals surface area contributed by atoms with Crippen molar-refractivity contribution in [1.29, 1.82) is 0 Å². The van der Waals surface area contributed by atoms with Gasteiger partial charge in [0.05, 0.1) is 13.2 Å². The first-order valence-corrected chi connectivity index (χ1v) is 6.76. The fraction of sp³-hybridized carbons (Fsp3) is 0.600. The molecule has 0 N–H and O–H groups in total. The lowest BCUT2D eigenvalue weighted by molar-refractivity contribution is 0.0342. The zero-order chi connectivity index (χ0) is 12.5. The highest BCUT2D eigenvalue weighted by Crippen LogP contribution is 2.10. The van der Waals surface area contributed by atoms with Crippen molar-refractivity contribution in [2.45, 2.75) is 33.7 Å². The Balaban J connectivity index is 0.000000686. The van der Waals surface area contributed by atoms with Crippen molar-refractivity contribution in [2.24, 2.45) is 0 Å². The lowest BCUT2D eigenvalue weighted by atomic mass is 10.1. The van der Waals surface area contributed by atoms with E-state index in [1.165, 1.54) is 11.1 Å². The van der Waals surface area contributed by atoms with E-state index >= 15 is 0 Å². The van der Waals surface area contributed by atoms with Gasteiger partial charge < -0.3 is 4.74 Å². The number of hydrogen-bond acceptors (Lipinski definition) is 2. The van der Waals surface area contributed by atoms with Crippen molar-refractivity contribution < 1.29 is 4.74 Å². The van der Waals surface area contributed by atoms with E-state index in [2.05, 4.69) is 36.1 Å². The average Bonchev–Trinajstić information content (AvgIpc) is 2.42. The van der Waals surface area contributed by atoms with Crippen LogP contribution in [0.25, 0.3) is 0 Å². The third-order valence-corrected chi connectivity index (χ3v) is 2.91. The summed E-state index contributed by atoms with van der Waals surface area (Å²) in [7, 11) is 0. The van der Waals surface area contributed by atoms with Gasteiger partial charge in [-0.05, 0) is 17.5 Å². The Labute approximate surface area is 106 Å². The van der Waals surface area contributed by atoms with Gasteiger partial charge in [-0.1, -0.05) is 45.0 Å². The Morgan fingerprint density at radius 1 is 1.12 bits per heavy atom. The zero-order valence-electron chi connectivity index (χ0n) is 11.4. The molecule has 96 valence electrons. The van der Waals surface area contributed by atoms with Crippen LogP contribution in [0.2, 0.25) is 0 Å². The van der Waals surface area contributed by atoms with E-state index in [1.54, 1.807) is 0 Å². The summed E-state index contributed by atoms with van der Waals surface area (Å²) in [6.45, 7) is 11.2. The van der Waals surface area contributed by atoms with Crippen LogP contribution in [0.1, 0.15) is 31.9 Å². The average molecular weight is 235 g/mol. The maximum absolute atomic E-state index is 5.34. The summed E-state index contributed by atoms with van der Waals surface area (Å²) in [5, 5.41) is 0. The molecule has 2 heteroatoms. The van der Waals surface area contributed by atoms with Crippen LogP contribution in [-0.4, -0.2) is 31.2 Å². The first-order valence-electron chi connectivity index (χ1n) is 6.76. The zero-order valence-corrected chi connectivity index (χ0v) is 11.4. The summed E-state index contributed by atoms with van der Waals surface area (Å²) in [5.74, 6) is 0. The third-order valence-electron chi connectivity index (χ3n) is 2.91. The summed E-state index contributed by atoms with van der Waals surface area (Å²) in [6, 6.07) is 8.89. The Bertz CT molecular complexity index is 306. The van der Waals surface area contributed by atoms with Gasteiger partial charge in [-0.2, -0.15) is 0 Å². The second-order valence-corrected chi connectivity index (χ2v) is 4.06. The molecular formula is C15H25NO. The SMILES string of the molecule is CC.CCc1cccc(CN2CCOCC2)c1. The summed E-state index contributed by atoms with van der Waals surface area (Å²) < 4.78 is 5.34. The summed E-state index contributed by atoms with van der Waals surface area (Å²) in [5.41, 5.74) is 2.86. The minimum Gasteiger partial charge on any atom is -0.379 e. The molecule has 0 aromatic heterocycles. The molecule has 1 aromatic carbocycles. The maximum Gasteiger partial charge on any atom is 0.0594 e. The fourth-order valence-electron chi connectivity index (χ4n) is 1.97. The van der Waals surface area contributed by atoms with Crippen molar-refractivity contribution in [3.63, 3.8) is 0 Å². The topological polar surface area (TPSA) is 12.5 Å². The molecule has 1 heterocycles. The number of nitrogens with zero attached hydrogens (tertiary/aromatic N) is 1. The van der Waals surface area contributed by atoms with Gasteiger partial charge in [-0.15, -0.1) is 0 Å². The Morgan fingerprint density at radius 2 is 1.76 bits per heavy atom. The van der Waals surface area contributed by atoms with Crippen LogP contribution in [0, 0.1) is 0 Å². The molecule has 1 aromatic rings. The molecule has 0 radical (unpaired) electrons. The van der Waals surface area contributed by atoms with Crippen LogP contribution in [0.5, 0.6) is 0 Å². The van der Waals surface area contributed by atoms with E-state index < -0.39 is 0 Å². The van der Waals surface area contributed by atoms with Crippen LogP contribution in [-0.2, 0) is 17.7 Å². The van der Waals surface area contributed by atoms with E-state index in [-0.39, 0.29) is 0 Å². The molecule has 0 saturated carbocycles. The summed E-state index contributed by atoms with van der Waals surface area (Å²) >= 11 is 0. The smallest absolute Gasteiger partial charge is 0.0594 e. The minimum atomic E-state index is 0.882. The number of benzene rings is 1. The number of hydrogen-bond donors (Lipinski definition) is 0. The lowest BCUT2D eigenvalue weighted by Crippen LogP contribution is -2.35. The van der Waals surface area contributed by atoms with Crippen LogP contribution in [0.15, 0.2) is 24.3 Å². The van der Waals surface area contributed by atoms with Gasteiger partial charge in [0, 0.05) is 19.6 Å². The molecule has 0 atom stereocenters. The standard InChI is InChI=1S/C13H19NO.C2H6/c1-2-12-4-3-5-13(10-12)11-14-6-8-15-9-7-14;1-2/h3-5,10H,2,6-9,11H2,1H3;1-2H3. The molecule has 2 rings (SSSR count). The Kier molecular flexibility index (Phi) is 6.90. The highest BCUT2D eigenvalue weighted by atomic mass is 16.5. The van der Waals surface area contributed by atoms with E-state index in [9.17, 15) is 0 Å². The Hall–Kier alpha value is -0.860. The first-order chi connectivity index (χ1) is 8.38. The summed E-state index contributed by atoms with van der Waals surface area (Å²) in [6.07, 6.45) is 1.12. The van der Waals surface area contributed by atoms with Gasteiger partial charge >= 0.3 is 0 Å². The number of rotatable bonds is 3. The first kappa shape index (κ1) is 14.2. The van der Waals surface area contributed by atoms with Crippen LogP contribution in [0.3, 0.4) is 0 Å². The number of morpholine rings is 1. The molecule has 0 amide bonds. The van der Waals surface area contributed by atoms with Crippen molar-refractivity contribution in [3.8, 4) is 0 Å². The predicted molar refractivity (Wildman–Crippen MR) is 73.3 cm³/mol. The van der Waals surface area contributed by atoms with Gasteiger partial charge in [-0.3, -0.25) is 4.90 Å². The van der Waals surface area contributed by atoms with Crippen LogP contribution < -0.4 is 0 Å². The molecule has 0 spiro atoms. The quantitative estimate of drug-likeness (QED) is 0.798. The van der Waals surface area contributed by atoms with Gasteiger partial charge in [0.15, 0.2) is 0 Å². The fourth-order valence-corrected chi connectivity index (χ4v) is 1.97. The largest absolute Gasteiger partial charge is 0.379 e. The molecule has 0 aliphatic carbocycles. The second kappa shape index (κ2) is 8.26. The highest BCUT2D eigenvalue weighted by molar-refractivity contribution is 5.23. The monoisotopic (exact) mass is 235 g/mol. The molecular weight excluding hydrogens is 210 g/mol. The van der Waals surface area contributed by atoms with Crippen LogP contribution >= 0.6 is 0 Å². The molecule has 0 bridgehead atoms. The van der Waals surface area contributed by atoms with Crippen LogP contribution in [0.4, 0.5) is 0 Å². The van der Waals surface area contributed by atoms with E-state index in [4.69, 9.17) is 4.74 Å². The second-order valence-electron chi connectivity index (χ2n) is 4.06. The molecule has 1 saturated heterocycles. The van der Waals surface area contributed by atoms with E-state index in [0.29, 0.717) is 0 Å². The van der Waals surface area contributed by atoms with Crippen molar-refractivity contribution in [3.05, 3.63) is 35.4 Å². The van der Waals surface area contributed by atoms with Gasteiger partial charge in [0.2, 0.25) is 0 Å². The van der Waals surface area contributed by atoms with Crippen molar-refractivity contribution >= 4 is 0 Å². The molecule has 17 heavy (non-hydrogen) atoms. The normalized spacial score (nSPS) is 16.2. The lowest BCUT2D eigenvalue weighted by Gasteiger charge is -2.26. The van der Waals surface area contributed by atoms with Crippen molar-refractivity contribution in [2.75, 3.05) is 26.3 Å². The van der Waals surface area contributed by atoms with E-state index in [1.807, 2.05) is 13.8 Å².